The first-order chi connectivity index (χ1) is 26.6. The van der Waals surface area contributed by atoms with Gasteiger partial charge in [-0.05, 0) is 82.3 Å². The number of allylic oxidation sites excluding steroid dienone is 1. The van der Waals surface area contributed by atoms with Gasteiger partial charge in [0.2, 0.25) is 11.8 Å². The SMILES string of the molecule is COc1ccc2nc(CCCCCC3CCCC3)c(=O)[nH]c2c1.O=C(O)N[C@H]1CCCCC/C=C\CC(C(=O)NS(=O)C2CC2)NC(=O)C2CCCN2C1=O. The van der Waals surface area contributed by atoms with Crippen LogP contribution in [-0.4, -0.2) is 85.0 Å². The number of ether oxygens (including phenoxy) is 1. The van der Waals surface area contributed by atoms with Crippen LogP contribution in [0.2, 0.25) is 0 Å². The number of rotatable bonds is 11. The molecule has 4 amide bonds. The highest BCUT2D eigenvalue weighted by atomic mass is 32.2. The van der Waals surface area contributed by atoms with Gasteiger partial charge < -0.3 is 30.4 Å². The number of aromatic nitrogens is 2. The largest absolute Gasteiger partial charge is 0.497 e. The van der Waals surface area contributed by atoms with Crippen LogP contribution >= 0.6 is 0 Å². The minimum absolute atomic E-state index is 0.0194. The number of carbonyl (C=O) groups is 4. The number of nitrogens with one attached hydrogen (secondary N) is 4. The van der Waals surface area contributed by atoms with E-state index < -0.39 is 52.9 Å². The number of unbranched alkanes of at least 4 members (excludes halogenated alkanes) is 2. The number of carboxylic acid groups (broad SMARTS) is 1. The maximum atomic E-state index is 13.1. The van der Waals surface area contributed by atoms with E-state index in [0.717, 1.165) is 67.6 Å². The van der Waals surface area contributed by atoms with Crippen molar-refractivity contribution in [3.63, 3.8) is 0 Å². The summed E-state index contributed by atoms with van der Waals surface area (Å²) < 4.78 is 19.8. The van der Waals surface area contributed by atoms with Crippen LogP contribution in [0.1, 0.15) is 121 Å². The van der Waals surface area contributed by atoms with E-state index >= 15 is 0 Å². The lowest BCUT2D eigenvalue weighted by atomic mass is 9.99. The summed E-state index contributed by atoms with van der Waals surface area (Å²) in [6.45, 7) is 0.358. The number of amides is 4. The van der Waals surface area contributed by atoms with E-state index in [2.05, 4.69) is 25.3 Å². The molecule has 2 aliphatic heterocycles. The van der Waals surface area contributed by atoms with E-state index in [4.69, 9.17) is 9.84 Å². The van der Waals surface area contributed by atoms with E-state index in [1.807, 2.05) is 30.4 Å². The molecule has 0 spiro atoms. The number of benzene rings is 1. The van der Waals surface area contributed by atoms with Crippen molar-refractivity contribution in [2.24, 2.45) is 5.92 Å². The Kier molecular flexibility index (Phi) is 16.1. The van der Waals surface area contributed by atoms with E-state index in [1.54, 1.807) is 7.11 Å². The topological polar surface area (TPSA) is 200 Å². The number of nitrogens with zero attached hydrogens (tertiary/aromatic N) is 2. The summed E-state index contributed by atoms with van der Waals surface area (Å²) in [5.41, 5.74) is 2.15. The molecule has 1 aromatic carbocycles. The fraction of sp³-hybridized carbons (Fsp3) is 0.650. The van der Waals surface area contributed by atoms with Crippen LogP contribution < -0.4 is 25.7 Å². The average Bonchev–Trinajstić information content (AvgIpc) is 3.67. The molecule has 0 bridgehead atoms. The predicted molar refractivity (Wildman–Crippen MR) is 211 cm³/mol. The summed E-state index contributed by atoms with van der Waals surface area (Å²) in [6.07, 6.45) is 20.4. The summed E-state index contributed by atoms with van der Waals surface area (Å²) in [6, 6.07) is 3.03. The lowest BCUT2D eigenvalue weighted by Gasteiger charge is -2.29. The van der Waals surface area contributed by atoms with Crippen LogP contribution in [0.3, 0.4) is 0 Å². The highest BCUT2D eigenvalue weighted by Gasteiger charge is 2.39. The molecule has 5 N–H and O–H groups in total. The number of methoxy groups -OCH3 is 1. The van der Waals surface area contributed by atoms with Crippen molar-refractivity contribution in [3.8, 4) is 5.75 Å². The van der Waals surface area contributed by atoms with Crippen molar-refractivity contribution < 1.29 is 33.2 Å². The zero-order valence-electron chi connectivity index (χ0n) is 32.0. The quantitative estimate of drug-likeness (QED) is 0.151. The minimum Gasteiger partial charge on any atom is -0.497 e. The average molecular weight is 783 g/mol. The van der Waals surface area contributed by atoms with Gasteiger partial charge in [-0.1, -0.05) is 69.9 Å². The summed E-state index contributed by atoms with van der Waals surface area (Å²) in [7, 11) is 0.158. The second-order valence-corrected chi connectivity index (χ2v) is 16.7. The molecule has 3 fully saturated rings. The third-order valence-electron chi connectivity index (χ3n) is 11.0. The maximum Gasteiger partial charge on any atom is 0.405 e. The number of hydrogen-bond donors (Lipinski definition) is 5. The molecular formula is C40H58N6O8S. The number of carbonyl (C=O) groups excluding carboxylic acids is 3. The summed E-state index contributed by atoms with van der Waals surface area (Å²) >= 11 is 0. The van der Waals surface area contributed by atoms with E-state index in [9.17, 15) is 28.2 Å². The van der Waals surface area contributed by atoms with Crippen LogP contribution in [0.4, 0.5) is 4.79 Å². The van der Waals surface area contributed by atoms with Crippen molar-refractivity contribution in [2.45, 2.75) is 145 Å². The van der Waals surface area contributed by atoms with Gasteiger partial charge in [0.25, 0.3) is 11.5 Å². The molecule has 3 unspecified atom stereocenters. The lowest BCUT2D eigenvalue weighted by Crippen LogP contribution is -2.56. The number of aryl methyl sites for hydroxylation is 1. The summed E-state index contributed by atoms with van der Waals surface area (Å²) in [5, 5.41) is 14.2. The summed E-state index contributed by atoms with van der Waals surface area (Å²) in [5.74, 6) is 0.333. The number of hydrogen-bond acceptors (Lipinski definition) is 8. The Bertz CT molecular complexity index is 1740. The molecule has 6 rings (SSSR count). The van der Waals surface area contributed by atoms with Crippen molar-refractivity contribution in [1.82, 2.24) is 30.2 Å². The van der Waals surface area contributed by atoms with Gasteiger partial charge in [-0.3, -0.25) is 23.9 Å². The second kappa shape index (κ2) is 21.1. The van der Waals surface area contributed by atoms with Crippen LogP contribution in [0, 0.1) is 5.92 Å². The van der Waals surface area contributed by atoms with Gasteiger partial charge >= 0.3 is 6.09 Å². The first-order valence-electron chi connectivity index (χ1n) is 20.2. The Morgan fingerprint density at radius 1 is 0.964 bits per heavy atom. The van der Waals surface area contributed by atoms with Crippen molar-refractivity contribution in [3.05, 3.63) is 46.4 Å². The molecular weight excluding hydrogens is 725 g/mol. The van der Waals surface area contributed by atoms with Gasteiger partial charge in [-0.2, -0.15) is 0 Å². The fourth-order valence-electron chi connectivity index (χ4n) is 7.68. The Balaban J connectivity index is 0.000000222. The third-order valence-corrected chi connectivity index (χ3v) is 12.4. The summed E-state index contributed by atoms with van der Waals surface area (Å²) in [4.78, 5) is 71.0. The van der Waals surface area contributed by atoms with Crippen molar-refractivity contribution in [1.29, 1.82) is 0 Å². The highest BCUT2D eigenvalue weighted by Crippen LogP contribution is 2.29. The second-order valence-electron chi connectivity index (χ2n) is 15.2. The smallest absolute Gasteiger partial charge is 0.405 e. The van der Waals surface area contributed by atoms with Crippen molar-refractivity contribution in [2.75, 3.05) is 13.7 Å². The van der Waals surface area contributed by atoms with E-state index in [0.29, 0.717) is 37.9 Å². The normalized spacial score (nSPS) is 23.7. The Hall–Kier alpha value is -4.27. The van der Waals surface area contributed by atoms with Gasteiger partial charge in [0, 0.05) is 12.6 Å². The molecule has 55 heavy (non-hydrogen) atoms. The Morgan fingerprint density at radius 2 is 1.75 bits per heavy atom. The van der Waals surface area contributed by atoms with Crippen LogP contribution in [0.25, 0.3) is 11.0 Å². The van der Waals surface area contributed by atoms with Gasteiger partial charge in [0.1, 0.15) is 40.6 Å². The standard InChI is InChI=1S/C21H32N4O6S.C19H26N2O2/c26-18(24-32(31)14-11-12-14)15-8-5-3-1-2-4-6-9-16(23-21(29)30)20(28)25-13-7-10-17(25)19(27)22-15;1-23-15-11-12-16-18(13-15)21-19(22)17(20-16)10-4-2-3-7-14-8-5-6-9-14/h3,5,14-17,23H,1-2,4,6-13H2,(H,22,27)(H,24,26)(H,29,30);11-14H,2-10H2,1H3,(H,21,22)/b5-3-;/t15?,16-,17?,32?;/m0./s1. The number of aromatic amines is 1. The fourth-order valence-corrected chi connectivity index (χ4v) is 8.75. The van der Waals surface area contributed by atoms with Gasteiger partial charge in [0.15, 0.2) is 0 Å². The molecule has 4 aliphatic rings. The molecule has 4 atom stereocenters. The van der Waals surface area contributed by atoms with Gasteiger partial charge in [-0.25, -0.2) is 14.0 Å². The minimum atomic E-state index is -1.46. The lowest BCUT2D eigenvalue weighted by molar-refractivity contribution is -0.140. The van der Waals surface area contributed by atoms with Gasteiger partial charge in [-0.15, -0.1) is 0 Å². The zero-order valence-corrected chi connectivity index (χ0v) is 32.8. The maximum absolute atomic E-state index is 13.1. The molecule has 1 aromatic heterocycles. The number of H-pyrrole nitrogens is 1. The molecule has 0 radical (unpaired) electrons. The monoisotopic (exact) mass is 782 g/mol. The molecule has 2 aromatic rings. The van der Waals surface area contributed by atoms with E-state index in [1.165, 1.54) is 49.8 Å². The molecule has 15 heteroatoms. The Morgan fingerprint density at radius 3 is 2.49 bits per heavy atom. The first-order valence-corrected chi connectivity index (χ1v) is 21.4. The Labute approximate surface area is 325 Å². The molecule has 14 nitrogen and oxygen atoms in total. The zero-order chi connectivity index (χ0) is 39.2. The predicted octanol–water partition coefficient (Wildman–Crippen LogP) is 5.18. The number of fused-ring (bicyclic) bond motifs is 2. The van der Waals surface area contributed by atoms with Crippen LogP contribution in [0.15, 0.2) is 35.1 Å². The molecule has 2 aliphatic carbocycles. The van der Waals surface area contributed by atoms with Gasteiger partial charge in [0.05, 0.1) is 23.4 Å². The molecule has 302 valence electrons. The van der Waals surface area contributed by atoms with E-state index in [-0.39, 0.29) is 17.2 Å². The third kappa shape index (κ3) is 12.9. The first kappa shape index (κ1) is 41.9. The van der Waals surface area contributed by atoms with Crippen LogP contribution in [-0.2, 0) is 31.8 Å². The molecule has 3 heterocycles. The van der Waals surface area contributed by atoms with Crippen LogP contribution in [0.5, 0.6) is 5.75 Å². The highest BCUT2D eigenvalue weighted by molar-refractivity contribution is 7.84. The molecule has 2 saturated carbocycles. The molecule has 1 saturated heterocycles. The van der Waals surface area contributed by atoms with Crippen molar-refractivity contribution >= 4 is 45.8 Å².